The van der Waals surface area contributed by atoms with E-state index in [1.54, 1.807) is 17.9 Å². The Morgan fingerprint density at radius 1 is 1.39 bits per heavy atom. The van der Waals surface area contributed by atoms with Crippen LogP contribution in [0.5, 0.6) is 5.75 Å². The molecular weight excluding hydrogens is 328 g/mol. The average molecular weight is 344 g/mol. The van der Waals surface area contributed by atoms with Crippen LogP contribution < -0.4 is 4.74 Å². The monoisotopic (exact) mass is 343 g/mol. The van der Waals surface area contributed by atoms with Crippen molar-refractivity contribution < 1.29 is 18.3 Å². The minimum atomic E-state index is -2.89. The Balaban J connectivity index is 2.05. The minimum absolute atomic E-state index is 0.00364. The number of aryl methyl sites for hydroxylation is 1. The molecule has 0 bridgehead atoms. The molecular formula is C15H16ClF2N3O2. The number of hydrogen-bond acceptors (Lipinski definition) is 3. The van der Waals surface area contributed by atoms with Gasteiger partial charge in [-0.25, -0.2) is 0 Å². The number of nitrogens with zero attached hydrogens (tertiary/aromatic N) is 3. The minimum Gasteiger partial charge on any atom is -0.435 e. The van der Waals surface area contributed by atoms with Crippen LogP contribution in [0.25, 0.3) is 0 Å². The van der Waals surface area contributed by atoms with Crippen LogP contribution in [-0.4, -0.2) is 34.2 Å². The van der Waals surface area contributed by atoms with Crippen molar-refractivity contribution >= 4 is 17.5 Å². The zero-order valence-corrected chi connectivity index (χ0v) is 13.4. The second-order valence-corrected chi connectivity index (χ2v) is 5.25. The predicted octanol–water partition coefficient (Wildman–Crippen LogP) is 3.43. The Bertz CT molecular complexity index is 674. The molecule has 124 valence electrons. The number of halogens is 3. The molecule has 1 amide bonds. The van der Waals surface area contributed by atoms with Gasteiger partial charge in [-0.2, -0.15) is 13.9 Å². The normalized spacial score (nSPS) is 10.9. The molecule has 0 saturated heterocycles. The van der Waals surface area contributed by atoms with Crippen molar-refractivity contribution in [3.63, 3.8) is 0 Å². The molecule has 0 aliphatic heterocycles. The molecule has 0 unspecified atom stereocenters. The topological polar surface area (TPSA) is 47.4 Å². The highest BCUT2D eigenvalue weighted by Gasteiger charge is 2.16. The second-order valence-electron chi connectivity index (χ2n) is 4.84. The Hall–Kier alpha value is -2.15. The first-order valence-corrected chi connectivity index (χ1v) is 7.30. The molecule has 0 radical (unpaired) electrons. The fourth-order valence-electron chi connectivity index (χ4n) is 2.00. The molecule has 0 N–H and O–H groups in total. The highest BCUT2D eigenvalue weighted by Crippen LogP contribution is 2.18. The lowest BCUT2D eigenvalue weighted by atomic mass is 10.2. The van der Waals surface area contributed by atoms with E-state index >= 15 is 0 Å². The van der Waals surface area contributed by atoms with Gasteiger partial charge in [0, 0.05) is 25.4 Å². The molecule has 0 saturated carbocycles. The van der Waals surface area contributed by atoms with Crippen molar-refractivity contribution in [2.24, 2.45) is 0 Å². The molecule has 23 heavy (non-hydrogen) atoms. The zero-order valence-electron chi connectivity index (χ0n) is 12.7. The number of carbonyl (C=O) groups excluding carboxylic acids is 1. The van der Waals surface area contributed by atoms with E-state index in [1.807, 2.05) is 6.92 Å². The van der Waals surface area contributed by atoms with Gasteiger partial charge in [0.15, 0.2) is 0 Å². The number of carbonyl (C=O) groups is 1. The fourth-order valence-corrected chi connectivity index (χ4v) is 2.21. The van der Waals surface area contributed by atoms with Gasteiger partial charge in [0.1, 0.15) is 11.4 Å². The third-order valence-electron chi connectivity index (χ3n) is 3.17. The van der Waals surface area contributed by atoms with Crippen molar-refractivity contribution in [1.82, 2.24) is 14.7 Å². The Kier molecular flexibility index (Phi) is 5.54. The van der Waals surface area contributed by atoms with E-state index in [-0.39, 0.29) is 18.2 Å². The first-order valence-electron chi connectivity index (χ1n) is 6.93. The number of benzene rings is 1. The smallest absolute Gasteiger partial charge is 0.387 e. The molecule has 1 aromatic heterocycles. The molecule has 2 rings (SSSR count). The van der Waals surface area contributed by atoms with Gasteiger partial charge in [0.2, 0.25) is 0 Å². The molecule has 0 aliphatic carbocycles. The van der Waals surface area contributed by atoms with Gasteiger partial charge in [-0.1, -0.05) is 11.6 Å². The first kappa shape index (κ1) is 17.2. The number of amides is 1. The van der Waals surface area contributed by atoms with E-state index in [2.05, 4.69) is 9.84 Å². The van der Waals surface area contributed by atoms with Gasteiger partial charge in [-0.3, -0.25) is 9.48 Å². The second kappa shape index (κ2) is 7.41. The van der Waals surface area contributed by atoms with Crippen LogP contribution >= 0.6 is 11.6 Å². The molecule has 0 fully saturated rings. The summed E-state index contributed by atoms with van der Waals surface area (Å²) in [5.74, 6) is -0.264. The lowest BCUT2D eigenvalue weighted by molar-refractivity contribution is -0.0498. The SMILES string of the molecule is CCn1cc(Cl)c(CN(C)C(=O)c2ccc(OC(F)F)cc2)n1. The van der Waals surface area contributed by atoms with Crippen LogP contribution in [0.15, 0.2) is 30.5 Å². The third-order valence-corrected chi connectivity index (χ3v) is 3.49. The van der Waals surface area contributed by atoms with E-state index in [4.69, 9.17) is 11.6 Å². The summed E-state index contributed by atoms with van der Waals surface area (Å²) in [7, 11) is 1.62. The Labute approximate surface area is 137 Å². The van der Waals surface area contributed by atoms with E-state index < -0.39 is 6.61 Å². The third kappa shape index (κ3) is 4.41. The fraction of sp³-hybridized carbons (Fsp3) is 0.333. The van der Waals surface area contributed by atoms with E-state index in [1.165, 1.54) is 29.2 Å². The molecule has 1 aromatic carbocycles. The molecule has 0 spiro atoms. The summed E-state index contributed by atoms with van der Waals surface area (Å²) in [4.78, 5) is 13.8. The number of rotatable bonds is 6. The largest absolute Gasteiger partial charge is 0.435 e. The zero-order chi connectivity index (χ0) is 17.0. The maximum Gasteiger partial charge on any atom is 0.387 e. The number of aromatic nitrogens is 2. The summed E-state index contributed by atoms with van der Waals surface area (Å²) < 4.78 is 30.1. The molecule has 8 heteroatoms. The summed E-state index contributed by atoms with van der Waals surface area (Å²) in [6.07, 6.45) is 1.70. The summed E-state index contributed by atoms with van der Waals surface area (Å²) in [6, 6.07) is 5.52. The lowest BCUT2D eigenvalue weighted by Crippen LogP contribution is -2.26. The quantitative estimate of drug-likeness (QED) is 0.807. The maximum atomic E-state index is 12.3. The van der Waals surface area contributed by atoms with Gasteiger partial charge in [0.05, 0.1) is 11.6 Å². The van der Waals surface area contributed by atoms with Gasteiger partial charge in [-0.15, -0.1) is 0 Å². The highest BCUT2D eigenvalue weighted by molar-refractivity contribution is 6.31. The van der Waals surface area contributed by atoms with Crippen LogP contribution in [0.4, 0.5) is 8.78 Å². The van der Waals surface area contributed by atoms with Crippen LogP contribution in [0.1, 0.15) is 23.0 Å². The molecule has 0 aliphatic rings. The first-order chi connectivity index (χ1) is 10.9. The van der Waals surface area contributed by atoms with E-state index in [0.717, 1.165) is 0 Å². The number of hydrogen-bond donors (Lipinski definition) is 0. The molecule has 5 nitrogen and oxygen atoms in total. The van der Waals surface area contributed by atoms with E-state index in [0.29, 0.717) is 22.8 Å². The lowest BCUT2D eigenvalue weighted by Gasteiger charge is -2.16. The van der Waals surface area contributed by atoms with E-state index in [9.17, 15) is 13.6 Å². The summed E-state index contributed by atoms with van der Waals surface area (Å²) in [6.45, 7) is -0.0245. The highest BCUT2D eigenvalue weighted by atomic mass is 35.5. The molecule has 2 aromatic rings. The van der Waals surface area contributed by atoms with Gasteiger partial charge in [0.25, 0.3) is 5.91 Å². The summed E-state index contributed by atoms with van der Waals surface area (Å²) >= 11 is 6.08. The Morgan fingerprint density at radius 2 is 2.04 bits per heavy atom. The van der Waals surface area contributed by atoms with Crippen molar-refractivity contribution in [3.05, 3.63) is 46.7 Å². The van der Waals surface area contributed by atoms with Crippen molar-refractivity contribution in [1.29, 1.82) is 0 Å². The molecule has 1 heterocycles. The summed E-state index contributed by atoms with van der Waals surface area (Å²) in [5.41, 5.74) is 0.960. The van der Waals surface area contributed by atoms with Crippen LogP contribution in [-0.2, 0) is 13.1 Å². The standard InChI is InChI=1S/C15H16ClF2N3O2/c1-3-21-8-12(16)13(19-21)9-20(2)14(22)10-4-6-11(7-5-10)23-15(17)18/h4-8,15H,3,9H2,1-2H3. The predicted molar refractivity (Wildman–Crippen MR) is 81.8 cm³/mol. The van der Waals surface area contributed by atoms with Crippen LogP contribution in [0.3, 0.4) is 0 Å². The van der Waals surface area contributed by atoms with Gasteiger partial charge < -0.3 is 9.64 Å². The van der Waals surface area contributed by atoms with Crippen molar-refractivity contribution in [2.75, 3.05) is 7.05 Å². The number of ether oxygens (including phenoxy) is 1. The molecule has 0 atom stereocenters. The maximum absolute atomic E-state index is 12.3. The van der Waals surface area contributed by atoms with Crippen molar-refractivity contribution in [2.45, 2.75) is 26.6 Å². The van der Waals surface area contributed by atoms with Gasteiger partial charge in [-0.05, 0) is 31.2 Å². The Morgan fingerprint density at radius 3 is 2.57 bits per heavy atom. The van der Waals surface area contributed by atoms with Gasteiger partial charge >= 0.3 is 6.61 Å². The van der Waals surface area contributed by atoms with Crippen LogP contribution in [0, 0.1) is 0 Å². The average Bonchev–Trinajstić information content (AvgIpc) is 2.87. The van der Waals surface area contributed by atoms with Crippen LogP contribution in [0.2, 0.25) is 5.02 Å². The summed E-state index contributed by atoms with van der Waals surface area (Å²) in [5, 5.41) is 4.77. The van der Waals surface area contributed by atoms with Crippen molar-refractivity contribution in [3.8, 4) is 5.75 Å². The number of alkyl halides is 2.